The number of aryl methyl sites for hydroxylation is 1. The minimum atomic E-state index is -2.53. The number of hydrogen-bond donors (Lipinski definition) is 0. The van der Waals surface area contributed by atoms with Gasteiger partial charge in [0.1, 0.15) is 5.69 Å². The molecule has 1 aromatic heterocycles. The zero-order chi connectivity index (χ0) is 10.0. The summed E-state index contributed by atoms with van der Waals surface area (Å²) >= 11 is 5.52. The van der Waals surface area contributed by atoms with Gasteiger partial charge in [0.15, 0.2) is 0 Å². The molecule has 0 bridgehead atoms. The molecular weight excluding hydrogens is 196 g/mol. The molecule has 4 heteroatoms. The summed E-state index contributed by atoms with van der Waals surface area (Å²) in [6.07, 6.45) is -2.53. The molecule has 72 valence electrons. The third-order valence-electron chi connectivity index (χ3n) is 1.97. The summed E-state index contributed by atoms with van der Waals surface area (Å²) in [4.78, 5) is 3.77. The summed E-state index contributed by atoms with van der Waals surface area (Å²) in [5.74, 6) is 0.168. The molecule has 0 aliphatic carbocycles. The van der Waals surface area contributed by atoms with Crippen LogP contribution in [0.5, 0.6) is 0 Å². The predicted molar refractivity (Wildman–Crippen MR) is 48.2 cm³/mol. The first-order valence-corrected chi connectivity index (χ1v) is 4.41. The van der Waals surface area contributed by atoms with Gasteiger partial charge in [-0.05, 0) is 31.0 Å². The zero-order valence-corrected chi connectivity index (χ0v) is 8.20. The summed E-state index contributed by atoms with van der Waals surface area (Å²) in [6.45, 7) is 3.42. The molecule has 0 fully saturated rings. The number of aromatic nitrogens is 1. The lowest BCUT2D eigenvalue weighted by atomic mass is 10.1. The van der Waals surface area contributed by atoms with Gasteiger partial charge in [-0.3, -0.25) is 4.98 Å². The molecule has 1 rings (SSSR count). The normalized spacial score (nSPS) is 10.9. The van der Waals surface area contributed by atoms with Crippen molar-refractivity contribution in [2.45, 2.75) is 26.2 Å². The maximum Gasteiger partial charge on any atom is 0.280 e. The van der Waals surface area contributed by atoms with Gasteiger partial charge in [0, 0.05) is 0 Å². The molecule has 0 spiro atoms. The standard InChI is InChI=1S/C9H10ClF2N/c1-5-3-7(4-10)13-8(6(5)2)9(11)12/h3,9H,4H2,1-2H3. The van der Waals surface area contributed by atoms with Crippen molar-refractivity contribution in [1.82, 2.24) is 4.98 Å². The van der Waals surface area contributed by atoms with Crippen molar-refractivity contribution in [3.8, 4) is 0 Å². The van der Waals surface area contributed by atoms with Gasteiger partial charge in [-0.25, -0.2) is 8.78 Å². The highest BCUT2D eigenvalue weighted by atomic mass is 35.5. The number of nitrogens with zero attached hydrogens (tertiary/aromatic N) is 1. The van der Waals surface area contributed by atoms with Crippen molar-refractivity contribution in [3.05, 3.63) is 28.6 Å². The Morgan fingerprint density at radius 3 is 2.54 bits per heavy atom. The maximum atomic E-state index is 12.4. The number of halogens is 3. The molecule has 1 aromatic rings. The lowest BCUT2D eigenvalue weighted by molar-refractivity contribution is 0.145. The van der Waals surface area contributed by atoms with Crippen LogP contribution in [0.3, 0.4) is 0 Å². The number of rotatable bonds is 2. The van der Waals surface area contributed by atoms with E-state index < -0.39 is 6.43 Å². The van der Waals surface area contributed by atoms with Crippen LogP contribution in [0, 0.1) is 13.8 Å². The Labute approximate surface area is 80.7 Å². The second-order valence-corrected chi connectivity index (χ2v) is 3.14. The molecule has 0 atom stereocenters. The smallest absolute Gasteiger partial charge is 0.250 e. The quantitative estimate of drug-likeness (QED) is 0.675. The Bertz CT molecular complexity index is 313. The van der Waals surface area contributed by atoms with E-state index in [-0.39, 0.29) is 11.6 Å². The molecular formula is C9H10ClF2N. The van der Waals surface area contributed by atoms with E-state index in [0.717, 1.165) is 5.56 Å². The minimum absolute atomic E-state index is 0.157. The van der Waals surface area contributed by atoms with Gasteiger partial charge < -0.3 is 0 Å². The third-order valence-corrected chi connectivity index (χ3v) is 2.24. The number of alkyl halides is 3. The minimum Gasteiger partial charge on any atom is -0.250 e. The topological polar surface area (TPSA) is 12.9 Å². The van der Waals surface area contributed by atoms with Gasteiger partial charge in [-0.15, -0.1) is 11.6 Å². The first-order valence-electron chi connectivity index (χ1n) is 3.87. The van der Waals surface area contributed by atoms with Crippen molar-refractivity contribution in [1.29, 1.82) is 0 Å². The summed E-state index contributed by atoms with van der Waals surface area (Å²) in [5, 5.41) is 0. The fourth-order valence-electron chi connectivity index (χ4n) is 1.11. The largest absolute Gasteiger partial charge is 0.280 e. The highest BCUT2D eigenvalue weighted by Crippen LogP contribution is 2.23. The van der Waals surface area contributed by atoms with Crippen LogP contribution in [0.1, 0.15) is 28.9 Å². The van der Waals surface area contributed by atoms with Crippen LogP contribution in [0.25, 0.3) is 0 Å². The van der Waals surface area contributed by atoms with E-state index in [1.54, 1.807) is 19.9 Å². The molecule has 0 saturated heterocycles. The summed E-state index contributed by atoms with van der Waals surface area (Å²) in [5.41, 5.74) is 1.69. The Balaban J connectivity index is 3.25. The fraction of sp³-hybridized carbons (Fsp3) is 0.444. The lowest BCUT2D eigenvalue weighted by Crippen LogP contribution is -2.00. The van der Waals surface area contributed by atoms with Crippen LogP contribution < -0.4 is 0 Å². The Hall–Kier alpha value is -0.700. The van der Waals surface area contributed by atoms with Gasteiger partial charge in [0.25, 0.3) is 6.43 Å². The van der Waals surface area contributed by atoms with Gasteiger partial charge in [-0.1, -0.05) is 0 Å². The predicted octanol–water partition coefficient (Wildman–Crippen LogP) is 3.37. The van der Waals surface area contributed by atoms with E-state index in [1.165, 1.54) is 0 Å². The second-order valence-electron chi connectivity index (χ2n) is 2.88. The van der Waals surface area contributed by atoms with Crippen LogP contribution in [0.2, 0.25) is 0 Å². The molecule has 1 nitrogen and oxygen atoms in total. The van der Waals surface area contributed by atoms with Crippen molar-refractivity contribution >= 4 is 11.6 Å². The van der Waals surface area contributed by atoms with E-state index in [1.807, 2.05) is 0 Å². The Morgan fingerprint density at radius 2 is 2.08 bits per heavy atom. The fourth-order valence-corrected chi connectivity index (χ4v) is 1.25. The molecule has 0 unspecified atom stereocenters. The van der Waals surface area contributed by atoms with Gasteiger partial charge >= 0.3 is 0 Å². The summed E-state index contributed by atoms with van der Waals surface area (Å²) in [7, 11) is 0. The van der Waals surface area contributed by atoms with Crippen molar-refractivity contribution in [3.63, 3.8) is 0 Å². The molecule has 0 radical (unpaired) electrons. The van der Waals surface area contributed by atoms with Crippen molar-refractivity contribution in [2.75, 3.05) is 0 Å². The summed E-state index contributed by atoms with van der Waals surface area (Å²) < 4.78 is 24.8. The van der Waals surface area contributed by atoms with Crippen LogP contribution in [-0.4, -0.2) is 4.98 Å². The van der Waals surface area contributed by atoms with Crippen molar-refractivity contribution < 1.29 is 8.78 Å². The zero-order valence-electron chi connectivity index (χ0n) is 7.44. The molecule has 13 heavy (non-hydrogen) atoms. The Morgan fingerprint density at radius 1 is 1.46 bits per heavy atom. The molecule has 1 heterocycles. The summed E-state index contributed by atoms with van der Waals surface area (Å²) in [6, 6.07) is 1.73. The van der Waals surface area contributed by atoms with Crippen molar-refractivity contribution in [2.24, 2.45) is 0 Å². The molecule has 0 aliphatic rings. The van der Waals surface area contributed by atoms with E-state index in [4.69, 9.17) is 11.6 Å². The number of hydrogen-bond acceptors (Lipinski definition) is 1. The number of pyridine rings is 1. The van der Waals surface area contributed by atoms with Gasteiger partial charge in [0.05, 0.1) is 11.6 Å². The molecule has 0 saturated carbocycles. The van der Waals surface area contributed by atoms with Crippen LogP contribution in [0.15, 0.2) is 6.07 Å². The average Bonchev–Trinajstić information content (AvgIpc) is 2.09. The van der Waals surface area contributed by atoms with Gasteiger partial charge in [-0.2, -0.15) is 0 Å². The first-order chi connectivity index (χ1) is 6.06. The van der Waals surface area contributed by atoms with Crippen LogP contribution in [-0.2, 0) is 5.88 Å². The third kappa shape index (κ3) is 2.15. The second kappa shape index (κ2) is 4.01. The SMILES string of the molecule is Cc1cc(CCl)nc(C(F)F)c1C. The van der Waals surface area contributed by atoms with E-state index in [0.29, 0.717) is 11.3 Å². The van der Waals surface area contributed by atoms with Crippen LogP contribution in [0.4, 0.5) is 8.78 Å². The highest BCUT2D eigenvalue weighted by molar-refractivity contribution is 6.16. The molecule has 0 N–H and O–H groups in total. The van der Waals surface area contributed by atoms with E-state index >= 15 is 0 Å². The molecule has 0 amide bonds. The van der Waals surface area contributed by atoms with E-state index in [9.17, 15) is 8.78 Å². The maximum absolute atomic E-state index is 12.4. The molecule has 0 aliphatic heterocycles. The van der Waals surface area contributed by atoms with Crippen LogP contribution >= 0.6 is 11.6 Å². The lowest BCUT2D eigenvalue weighted by Gasteiger charge is -2.08. The van der Waals surface area contributed by atoms with Gasteiger partial charge in [0.2, 0.25) is 0 Å². The average molecular weight is 206 g/mol. The Kier molecular flexibility index (Phi) is 3.20. The monoisotopic (exact) mass is 205 g/mol. The highest BCUT2D eigenvalue weighted by Gasteiger charge is 2.14. The first kappa shape index (κ1) is 10.4. The van der Waals surface area contributed by atoms with E-state index in [2.05, 4.69) is 4.98 Å². The molecule has 0 aromatic carbocycles.